The van der Waals surface area contributed by atoms with Crippen molar-refractivity contribution in [3.63, 3.8) is 0 Å². The SMILES string of the molecule is CCC(C)c1[nH]c(O)c(C(C)=O)c1O. The van der Waals surface area contributed by atoms with Crippen molar-refractivity contribution in [2.75, 3.05) is 0 Å². The van der Waals surface area contributed by atoms with E-state index in [2.05, 4.69) is 4.98 Å². The molecule has 4 heteroatoms. The molecule has 1 aromatic rings. The average molecular weight is 197 g/mol. The smallest absolute Gasteiger partial charge is 0.203 e. The summed E-state index contributed by atoms with van der Waals surface area (Å²) < 4.78 is 0. The number of aromatic nitrogens is 1. The van der Waals surface area contributed by atoms with Crippen LogP contribution in [0.1, 0.15) is 49.2 Å². The van der Waals surface area contributed by atoms with Crippen molar-refractivity contribution in [1.82, 2.24) is 4.98 Å². The van der Waals surface area contributed by atoms with Crippen LogP contribution in [-0.2, 0) is 0 Å². The fourth-order valence-electron chi connectivity index (χ4n) is 1.39. The third-order valence-electron chi connectivity index (χ3n) is 2.44. The van der Waals surface area contributed by atoms with Gasteiger partial charge in [-0.3, -0.25) is 4.79 Å². The Morgan fingerprint density at radius 3 is 2.43 bits per heavy atom. The van der Waals surface area contributed by atoms with E-state index in [0.717, 1.165) is 6.42 Å². The molecule has 1 rings (SSSR count). The van der Waals surface area contributed by atoms with Gasteiger partial charge in [-0.1, -0.05) is 13.8 Å². The molecule has 0 saturated carbocycles. The third kappa shape index (κ3) is 1.60. The van der Waals surface area contributed by atoms with Crippen LogP contribution in [-0.4, -0.2) is 21.0 Å². The van der Waals surface area contributed by atoms with Gasteiger partial charge in [0.1, 0.15) is 5.56 Å². The summed E-state index contributed by atoms with van der Waals surface area (Å²) in [5.74, 6) is -0.616. The second-order valence-electron chi connectivity index (χ2n) is 3.48. The number of aromatic hydroxyl groups is 2. The minimum Gasteiger partial charge on any atom is -0.505 e. The molecule has 0 amide bonds. The highest BCUT2D eigenvalue weighted by atomic mass is 16.3. The quantitative estimate of drug-likeness (QED) is 0.650. The van der Waals surface area contributed by atoms with E-state index in [1.165, 1.54) is 6.92 Å². The highest BCUT2D eigenvalue weighted by Gasteiger charge is 2.22. The number of hydrogen-bond acceptors (Lipinski definition) is 3. The summed E-state index contributed by atoms with van der Waals surface area (Å²) in [4.78, 5) is 13.7. The summed E-state index contributed by atoms with van der Waals surface area (Å²) in [6.07, 6.45) is 0.824. The molecule has 0 fully saturated rings. The first-order chi connectivity index (χ1) is 6.49. The van der Waals surface area contributed by atoms with E-state index in [1.54, 1.807) is 0 Å². The van der Waals surface area contributed by atoms with Crippen molar-refractivity contribution in [1.29, 1.82) is 0 Å². The first-order valence-corrected chi connectivity index (χ1v) is 4.63. The molecule has 0 spiro atoms. The van der Waals surface area contributed by atoms with Crippen LogP contribution >= 0.6 is 0 Å². The Balaban J connectivity index is 3.23. The van der Waals surface area contributed by atoms with Crippen LogP contribution in [0.25, 0.3) is 0 Å². The van der Waals surface area contributed by atoms with Gasteiger partial charge in [0.15, 0.2) is 11.5 Å². The lowest BCUT2D eigenvalue weighted by atomic mass is 10.0. The first kappa shape index (κ1) is 10.6. The molecule has 0 aromatic carbocycles. The zero-order valence-electron chi connectivity index (χ0n) is 8.59. The highest BCUT2D eigenvalue weighted by Crippen LogP contribution is 2.36. The molecule has 3 N–H and O–H groups in total. The van der Waals surface area contributed by atoms with Crippen LogP contribution < -0.4 is 0 Å². The number of ketones is 1. The normalized spacial score (nSPS) is 12.8. The fraction of sp³-hybridized carbons (Fsp3) is 0.500. The van der Waals surface area contributed by atoms with Gasteiger partial charge >= 0.3 is 0 Å². The number of aromatic amines is 1. The van der Waals surface area contributed by atoms with Crippen LogP contribution in [0.3, 0.4) is 0 Å². The maximum absolute atomic E-state index is 11.1. The molecule has 0 aliphatic carbocycles. The Bertz CT molecular complexity index is 354. The predicted molar refractivity (Wildman–Crippen MR) is 52.8 cm³/mol. The molecule has 4 nitrogen and oxygen atoms in total. The van der Waals surface area contributed by atoms with Gasteiger partial charge in [0, 0.05) is 0 Å². The van der Waals surface area contributed by atoms with Gasteiger partial charge in [-0.2, -0.15) is 0 Å². The van der Waals surface area contributed by atoms with Crippen molar-refractivity contribution in [3.8, 4) is 11.6 Å². The Labute approximate surface area is 82.6 Å². The third-order valence-corrected chi connectivity index (χ3v) is 2.44. The van der Waals surface area contributed by atoms with Crippen LogP contribution in [0.15, 0.2) is 0 Å². The molecule has 1 unspecified atom stereocenters. The maximum Gasteiger partial charge on any atom is 0.203 e. The Hall–Kier alpha value is -1.45. The number of H-pyrrole nitrogens is 1. The molecular weight excluding hydrogens is 182 g/mol. The standard InChI is InChI=1S/C10H15NO3/c1-4-5(2)8-9(13)7(6(3)12)10(14)11-8/h5,11,13-14H,4H2,1-3H3. The summed E-state index contributed by atoms with van der Waals surface area (Å²) in [6, 6.07) is 0. The van der Waals surface area contributed by atoms with Crippen LogP contribution in [0.2, 0.25) is 0 Å². The summed E-state index contributed by atoms with van der Waals surface area (Å²) in [6.45, 7) is 5.19. The van der Waals surface area contributed by atoms with Gasteiger partial charge in [-0.15, -0.1) is 0 Å². The molecule has 1 aromatic heterocycles. The topological polar surface area (TPSA) is 73.3 Å². The van der Waals surface area contributed by atoms with E-state index >= 15 is 0 Å². The molecular formula is C10H15NO3. The Kier molecular flexibility index (Phi) is 2.84. The van der Waals surface area contributed by atoms with Crippen molar-refractivity contribution >= 4 is 5.78 Å². The summed E-state index contributed by atoms with van der Waals surface area (Å²) in [5.41, 5.74) is 0.510. The van der Waals surface area contributed by atoms with E-state index in [-0.39, 0.29) is 28.9 Å². The van der Waals surface area contributed by atoms with E-state index < -0.39 is 0 Å². The monoisotopic (exact) mass is 197 g/mol. The summed E-state index contributed by atoms with van der Waals surface area (Å²) in [7, 11) is 0. The molecule has 0 aliphatic heterocycles. The van der Waals surface area contributed by atoms with E-state index in [4.69, 9.17) is 0 Å². The number of carbonyl (C=O) groups is 1. The molecule has 1 atom stereocenters. The minimum absolute atomic E-state index is 0.0136. The van der Waals surface area contributed by atoms with Gasteiger partial charge in [0.25, 0.3) is 0 Å². The van der Waals surface area contributed by atoms with Crippen molar-refractivity contribution < 1.29 is 15.0 Å². The molecule has 0 bridgehead atoms. The minimum atomic E-state index is -0.342. The van der Waals surface area contributed by atoms with Gasteiger partial charge in [-0.05, 0) is 19.3 Å². The van der Waals surface area contributed by atoms with Gasteiger partial charge in [-0.25, -0.2) is 0 Å². The summed E-state index contributed by atoms with van der Waals surface area (Å²) >= 11 is 0. The van der Waals surface area contributed by atoms with E-state index in [1.807, 2.05) is 13.8 Å². The maximum atomic E-state index is 11.1. The van der Waals surface area contributed by atoms with E-state index in [9.17, 15) is 15.0 Å². The lowest BCUT2D eigenvalue weighted by Crippen LogP contribution is -1.93. The van der Waals surface area contributed by atoms with Crippen LogP contribution in [0.4, 0.5) is 0 Å². The van der Waals surface area contributed by atoms with Crippen molar-refractivity contribution in [3.05, 3.63) is 11.3 Å². The molecule has 0 radical (unpaired) electrons. The predicted octanol–water partition coefficient (Wildman–Crippen LogP) is 2.14. The first-order valence-electron chi connectivity index (χ1n) is 4.63. The molecule has 0 saturated heterocycles. The molecule has 1 heterocycles. The van der Waals surface area contributed by atoms with Gasteiger partial charge in [0.2, 0.25) is 5.88 Å². The molecule has 14 heavy (non-hydrogen) atoms. The molecule has 78 valence electrons. The van der Waals surface area contributed by atoms with Crippen LogP contribution in [0, 0.1) is 0 Å². The molecule has 0 aliphatic rings. The second-order valence-corrected chi connectivity index (χ2v) is 3.48. The summed E-state index contributed by atoms with van der Waals surface area (Å²) in [5, 5.41) is 19.1. The lowest BCUT2D eigenvalue weighted by Gasteiger charge is -2.05. The van der Waals surface area contributed by atoms with Crippen LogP contribution in [0.5, 0.6) is 11.6 Å². The Morgan fingerprint density at radius 1 is 1.50 bits per heavy atom. The highest BCUT2D eigenvalue weighted by molar-refractivity contribution is 5.99. The zero-order chi connectivity index (χ0) is 10.9. The number of nitrogens with one attached hydrogen (secondary N) is 1. The van der Waals surface area contributed by atoms with Crippen molar-refractivity contribution in [2.24, 2.45) is 0 Å². The fourth-order valence-corrected chi connectivity index (χ4v) is 1.39. The number of hydrogen-bond donors (Lipinski definition) is 3. The number of rotatable bonds is 3. The van der Waals surface area contributed by atoms with Crippen molar-refractivity contribution in [2.45, 2.75) is 33.1 Å². The lowest BCUT2D eigenvalue weighted by molar-refractivity contribution is 0.101. The van der Waals surface area contributed by atoms with Gasteiger partial charge in [0.05, 0.1) is 5.69 Å². The largest absolute Gasteiger partial charge is 0.505 e. The number of Topliss-reactive ketones (excluding diaryl/α,β-unsaturated/α-hetero) is 1. The zero-order valence-corrected chi connectivity index (χ0v) is 8.59. The van der Waals surface area contributed by atoms with Gasteiger partial charge < -0.3 is 15.2 Å². The second kappa shape index (κ2) is 3.74. The average Bonchev–Trinajstić information content (AvgIpc) is 2.40. The Morgan fingerprint density at radius 2 is 2.07 bits per heavy atom. The number of carbonyl (C=O) groups excluding carboxylic acids is 1. The van der Waals surface area contributed by atoms with E-state index in [0.29, 0.717) is 5.69 Å².